The van der Waals surface area contributed by atoms with Crippen LogP contribution < -0.4 is 15.4 Å². The molecular weight excluding hydrogens is 300 g/mol. The number of rotatable bonds is 7. The normalized spacial score (nSPS) is 11.8. The van der Waals surface area contributed by atoms with Gasteiger partial charge in [-0.1, -0.05) is 30.2 Å². The van der Waals surface area contributed by atoms with Gasteiger partial charge in [0.15, 0.2) is 5.96 Å². The smallest absolute Gasteiger partial charge is 0.215 e. The summed E-state index contributed by atoms with van der Waals surface area (Å²) in [6.45, 7) is 3.53. The molecule has 0 spiro atoms. The van der Waals surface area contributed by atoms with Crippen molar-refractivity contribution in [3.05, 3.63) is 35.4 Å². The largest absolute Gasteiger partial charge is 0.357 e. The Balaban J connectivity index is 2.78. The maximum absolute atomic E-state index is 11.6. The summed E-state index contributed by atoms with van der Waals surface area (Å²) in [5.41, 5.74) is 1.66. The molecule has 0 atom stereocenters. The molecule has 0 bridgehead atoms. The van der Waals surface area contributed by atoms with Gasteiger partial charge in [-0.2, -0.15) is 0 Å². The molecule has 7 heteroatoms. The molecule has 1 aromatic rings. The van der Waals surface area contributed by atoms with Crippen LogP contribution in [0.25, 0.3) is 0 Å². The molecule has 0 saturated heterocycles. The van der Waals surface area contributed by atoms with Crippen LogP contribution in [0.1, 0.15) is 18.1 Å². The second-order valence-corrected chi connectivity index (χ2v) is 6.46. The molecule has 0 unspecified atom stereocenters. The highest BCUT2D eigenvalue weighted by atomic mass is 32.2. The van der Waals surface area contributed by atoms with E-state index in [9.17, 15) is 8.42 Å². The predicted molar refractivity (Wildman–Crippen MR) is 89.8 cm³/mol. The molecule has 120 valence electrons. The van der Waals surface area contributed by atoms with Gasteiger partial charge < -0.3 is 10.6 Å². The zero-order valence-electron chi connectivity index (χ0n) is 12.9. The van der Waals surface area contributed by atoms with E-state index in [0.29, 0.717) is 19.0 Å². The number of benzene rings is 1. The number of nitrogens with zero attached hydrogens (tertiary/aromatic N) is 1. The minimum atomic E-state index is -3.27. The van der Waals surface area contributed by atoms with E-state index in [1.807, 2.05) is 25.1 Å². The van der Waals surface area contributed by atoms with Crippen molar-refractivity contribution in [3.8, 4) is 12.3 Å². The monoisotopic (exact) mass is 322 g/mol. The second kappa shape index (κ2) is 9.07. The Labute approximate surface area is 132 Å². The average molecular weight is 322 g/mol. The molecule has 22 heavy (non-hydrogen) atoms. The third kappa shape index (κ3) is 6.61. The molecule has 3 N–H and O–H groups in total. The zero-order chi connectivity index (χ0) is 16.4. The van der Waals surface area contributed by atoms with Crippen molar-refractivity contribution in [2.45, 2.75) is 19.2 Å². The van der Waals surface area contributed by atoms with Gasteiger partial charge in [-0.3, -0.25) is 0 Å². The topological polar surface area (TPSA) is 82.6 Å². The van der Waals surface area contributed by atoms with Gasteiger partial charge in [0.05, 0.1) is 18.8 Å². The Morgan fingerprint density at radius 2 is 2.05 bits per heavy atom. The first-order chi connectivity index (χ1) is 10.5. The van der Waals surface area contributed by atoms with Gasteiger partial charge in [0, 0.05) is 6.54 Å². The first-order valence-electron chi connectivity index (χ1n) is 6.95. The molecule has 1 rings (SSSR count). The van der Waals surface area contributed by atoms with Crippen molar-refractivity contribution < 1.29 is 8.42 Å². The van der Waals surface area contributed by atoms with Crippen LogP contribution in [0.4, 0.5) is 0 Å². The Hall–Kier alpha value is -2.04. The summed E-state index contributed by atoms with van der Waals surface area (Å²) < 4.78 is 25.4. The minimum Gasteiger partial charge on any atom is -0.357 e. The third-order valence-corrected chi connectivity index (χ3v) is 4.12. The van der Waals surface area contributed by atoms with Crippen LogP contribution in [0.3, 0.4) is 0 Å². The van der Waals surface area contributed by atoms with E-state index in [2.05, 4.69) is 26.3 Å². The first-order valence-corrected chi connectivity index (χ1v) is 8.60. The van der Waals surface area contributed by atoms with Crippen LogP contribution in [0.5, 0.6) is 0 Å². The molecule has 0 aliphatic heterocycles. The number of sulfonamides is 1. The zero-order valence-corrected chi connectivity index (χ0v) is 13.7. The molecule has 0 saturated carbocycles. The molecule has 0 fully saturated rings. The average Bonchev–Trinajstić information content (AvgIpc) is 2.50. The fourth-order valence-electron chi connectivity index (χ4n) is 1.76. The molecule has 0 aliphatic rings. The van der Waals surface area contributed by atoms with Gasteiger partial charge in [-0.05, 0) is 25.1 Å². The molecule has 0 amide bonds. The maximum Gasteiger partial charge on any atom is 0.215 e. The van der Waals surface area contributed by atoms with Crippen molar-refractivity contribution in [2.24, 2.45) is 4.99 Å². The number of nitrogens with one attached hydrogen (secondary N) is 3. The summed E-state index contributed by atoms with van der Waals surface area (Å²) in [6, 6.07) is 7.35. The first kappa shape index (κ1) is 18.0. The fraction of sp³-hybridized carbons (Fsp3) is 0.400. The maximum atomic E-state index is 11.6. The Morgan fingerprint density at radius 3 is 2.68 bits per heavy atom. The van der Waals surface area contributed by atoms with Crippen LogP contribution in [0.2, 0.25) is 0 Å². The van der Waals surface area contributed by atoms with Gasteiger partial charge >= 0.3 is 0 Å². The third-order valence-electron chi connectivity index (χ3n) is 2.78. The Morgan fingerprint density at radius 1 is 1.32 bits per heavy atom. The number of guanidine groups is 1. The SMILES string of the molecule is C#CCNC(=NCc1cccc(CS(=O)(=O)NC)c1)NCC. The van der Waals surface area contributed by atoms with Crippen molar-refractivity contribution in [1.82, 2.24) is 15.4 Å². The summed E-state index contributed by atoms with van der Waals surface area (Å²) in [5.74, 6) is 3.08. The van der Waals surface area contributed by atoms with E-state index in [0.717, 1.165) is 17.7 Å². The summed E-state index contributed by atoms with van der Waals surface area (Å²) in [4.78, 5) is 4.41. The predicted octanol–water partition coefficient (Wildman–Crippen LogP) is 0.424. The van der Waals surface area contributed by atoms with Crippen molar-refractivity contribution in [1.29, 1.82) is 0 Å². The number of terminal acetylenes is 1. The Bertz CT molecular complexity index is 648. The van der Waals surface area contributed by atoms with Crippen LogP contribution in [0.15, 0.2) is 29.3 Å². The Kier molecular flexibility index (Phi) is 7.43. The molecule has 1 aromatic carbocycles. The quantitative estimate of drug-likeness (QED) is 0.386. The van der Waals surface area contributed by atoms with E-state index in [4.69, 9.17) is 6.42 Å². The van der Waals surface area contributed by atoms with Crippen LogP contribution in [-0.4, -0.2) is 34.5 Å². The van der Waals surface area contributed by atoms with E-state index in [-0.39, 0.29) is 5.75 Å². The molecule has 6 nitrogen and oxygen atoms in total. The number of hydrogen-bond acceptors (Lipinski definition) is 3. The van der Waals surface area contributed by atoms with Crippen molar-refractivity contribution in [2.75, 3.05) is 20.1 Å². The highest BCUT2D eigenvalue weighted by Crippen LogP contribution is 2.09. The summed E-state index contributed by atoms with van der Waals surface area (Å²) in [5, 5.41) is 6.09. The highest BCUT2D eigenvalue weighted by Gasteiger charge is 2.08. The summed E-state index contributed by atoms with van der Waals surface area (Å²) >= 11 is 0. The number of hydrogen-bond donors (Lipinski definition) is 3. The van der Waals surface area contributed by atoms with Crippen molar-refractivity contribution in [3.63, 3.8) is 0 Å². The summed E-state index contributed by atoms with van der Waals surface area (Å²) in [6.07, 6.45) is 5.21. The standard InChI is InChI=1S/C15H22N4O2S/c1-4-9-18-15(17-5-2)19-11-13-7-6-8-14(10-13)12-22(20,21)16-3/h1,6-8,10,16H,5,9,11-12H2,2-3H3,(H2,17,18,19). The molecule has 0 aliphatic carbocycles. The van der Waals surface area contributed by atoms with Gasteiger partial charge in [0.2, 0.25) is 10.0 Å². The lowest BCUT2D eigenvalue weighted by atomic mass is 10.1. The molecule has 0 radical (unpaired) electrons. The highest BCUT2D eigenvalue weighted by molar-refractivity contribution is 7.88. The van der Waals surface area contributed by atoms with Gasteiger partial charge in [-0.15, -0.1) is 6.42 Å². The van der Waals surface area contributed by atoms with Gasteiger partial charge in [0.25, 0.3) is 0 Å². The van der Waals surface area contributed by atoms with Crippen LogP contribution in [0, 0.1) is 12.3 Å². The lowest BCUT2D eigenvalue weighted by molar-refractivity contribution is 0.587. The minimum absolute atomic E-state index is 0.0452. The van der Waals surface area contributed by atoms with Gasteiger partial charge in [-0.25, -0.2) is 18.1 Å². The molecule has 0 aromatic heterocycles. The van der Waals surface area contributed by atoms with Crippen LogP contribution in [-0.2, 0) is 22.3 Å². The number of aliphatic imine (C=N–C) groups is 1. The van der Waals surface area contributed by atoms with E-state index >= 15 is 0 Å². The van der Waals surface area contributed by atoms with E-state index in [1.165, 1.54) is 7.05 Å². The van der Waals surface area contributed by atoms with E-state index < -0.39 is 10.0 Å². The lowest BCUT2D eigenvalue weighted by Crippen LogP contribution is -2.37. The second-order valence-electron chi connectivity index (χ2n) is 4.54. The fourth-order valence-corrected chi connectivity index (χ4v) is 2.52. The summed E-state index contributed by atoms with van der Waals surface area (Å²) in [7, 11) is -1.87. The van der Waals surface area contributed by atoms with Gasteiger partial charge in [0.1, 0.15) is 0 Å². The lowest BCUT2D eigenvalue weighted by Gasteiger charge is -2.09. The van der Waals surface area contributed by atoms with E-state index in [1.54, 1.807) is 6.07 Å². The molecule has 0 heterocycles. The molecular formula is C15H22N4O2S. The van der Waals surface area contributed by atoms with Crippen molar-refractivity contribution >= 4 is 16.0 Å². The van der Waals surface area contributed by atoms with Crippen LogP contribution >= 0.6 is 0 Å².